The Balaban J connectivity index is 2.09. The summed E-state index contributed by atoms with van der Waals surface area (Å²) in [4.78, 5) is 4.25. The van der Waals surface area contributed by atoms with Crippen molar-refractivity contribution in [2.75, 3.05) is 0 Å². The number of benzene rings is 1. The summed E-state index contributed by atoms with van der Waals surface area (Å²) in [5.74, 6) is -0.418. The highest BCUT2D eigenvalue weighted by atomic mass is 19.1. The van der Waals surface area contributed by atoms with Gasteiger partial charge in [-0.25, -0.2) is 4.39 Å². The van der Waals surface area contributed by atoms with E-state index in [4.69, 9.17) is 10.00 Å². The zero-order chi connectivity index (χ0) is 13.0. The summed E-state index contributed by atoms with van der Waals surface area (Å²) in [5.41, 5.74) is 1.89. The first-order valence-electron chi connectivity index (χ1n) is 5.44. The average molecular weight is 242 g/mol. The van der Waals surface area contributed by atoms with E-state index in [1.54, 1.807) is 0 Å². The summed E-state index contributed by atoms with van der Waals surface area (Å²) in [5, 5.41) is 8.62. The molecule has 4 heteroatoms. The number of halogens is 1. The zero-order valence-corrected chi connectivity index (χ0v) is 9.85. The lowest BCUT2D eigenvalue weighted by atomic mass is 10.2. The van der Waals surface area contributed by atoms with Crippen LogP contribution in [-0.2, 0) is 6.61 Å². The number of ether oxygens (including phenoxy) is 1. The number of nitriles is 1. The number of aryl methyl sites for hydroxylation is 1. The van der Waals surface area contributed by atoms with Gasteiger partial charge in [-0.2, -0.15) is 5.26 Å². The molecule has 0 saturated heterocycles. The Bertz CT molecular complexity index is 605. The Kier molecular flexibility index (Phi) is 3.54. The first-order chi connectivity index (χ1) is 8.69. The highest BCUT2D eigenvalue weighted by Gasteiger charge is 2.05. The molecule has 0 atom stereocenters. The van der Waals surface area contributed by atoms with E-state index in [0.717, 1.165) is 17.5 Å². The minimum absolute atomic E-state index is 0.123. The Morgan fingerprint density at radius 3 is 2.83 bits per heavy atom. The van der Waals surface area contributed by atoms with Crippen LogP contribution in [0.25, 0.3) is 0 Å². The molecule has 0 spiro atoms. The van der Waals surface area contributed by atoms with Gasteiger partial charge in [0.2, 0.25) is 0 Å². The lowest BCUT2D eigenvalue weighted by Crippen LogP contribution is -2.00. The molecule has 0 unspecified atom stereocenters. The van der Waals surface area contributed by atoms with Crippen molar-refractivity contribution in [1.29, 1.82) is 5.26 Å². The Hall–Kier alpha value is -2.41. The molecule has 90 valence electrons. The first kappa shape index (κ1) is 12.1. The number of hydrogen-bond acceptors (Lipinski definition) is 3. The van der Waals surface area contributed by atoms with Gasteiger partial charge in [-0.3, -0.25) is 4.98 Å². The van der Waals surface area contributed by atoms with Gasteiger partial charge in [-0.05, 0) is 37.3 Å². The van der Waals surface area contributed by atoms with Crippen LogP contribution in [0.5, 0.6) is 5.75 Å². The summed E-state index contributed by atoms with van der Waals surface area (Å²) in [6.45, 7) is 2.08. The van der Waals surface area contributed by atoms with Crippen LogP contribution < -0.4 is 4.74 Å². The SMILES string of the molecule is Cc1cccc(COc2ccc(C#N)cc2F)n1. The van der Waals surface area contributed by atoms with Gasteiger partial charge < -0.3 is 4.74 Å². The molecule has 0 N–H and O–H groups in total. The van der Waals surface area contributed by atoms with Crippen LogP contribution in [0.4, 0.5) is 4.39 Å². The maximum atomic E-state index is 13.5. The van der Waals surface area contributed by atoms with Crippen molar-refractivity contribution in [1.82, 2.24) is 4.98 Å². The van der Waals surface area contributed by atoms with Gasteiger partial charge in [-0.1, -0.05) is 6.07 Å². The lowest BCUT2D eigenvalue weighted by Gasteiger charge is -2.07. The topological polar surface area (TPSA) is 45.9 Å². The van der Waals surface area contributed by atoms with E-state index >= 15 is 0 Å². The molecule has 3 nitrogen and oxygen atoms in total. The third-order valence-corrected chi connectivity index (χ3v) is 2.38. The Morgan fingerprint density at radius 2 is 2.17 bits per heavy atom. The van der Waals surface area contributed by atoms with Gasteiger partial charge in [0.05, 0.1) is 17.3 Å². The molecule has 0 aliphatic heterocycles. The highest BCUT2D eigenvalue weighted by molar-refractivity contribution is 5.36. The van der Waals surface area contributed by atoms with Gasteiger partial charge in [0.15, 0.2) is 11.6 Å². The minimum atomic E-state index is -0.540. The van der Waals surface area contributed by atoms with Crippen molar-refractivity contribution in [2.24, 2.45) is 0 Å². The Labute approximate surface area is 104 Å². The number of pyridine rings is 1. The standard InChI is InChI=1S/C14H11FN2O/c1-10-3-2-4-12(17-10)9-18-14-6-5-11(8-16)7-13(14)15/h2-7H,9H2,1H3. The van der Waals surface area contributed by atoms with Crippen molar-refractivity contribution >= 4 is 0 Å². The quantitative estimate of drug-likeness (QED) is 0.831. The van der Waals surface area contributed by atoms with Gasteiger partial charge in [-0.15, -0.1) is 0 Å². The number of nitrogens with zero attached hydrogens (tertiary/aromatic N) is 2. The molecule has 1 heterocycles. The second-order valence-electron chi connectivity index (χ2n) is 3.82. The molecule has 2 rings (SSSR count). The van der Waals surface area contributed by atoms with Crippen molar-refractivity contribution in [3.8, 4) is 11.8 Å². The smallest absolute Gasteiger partial charge is 0.166 e. The summed E-state index contributed by atoms with van der Waals surface area (Å²) < 4.78 is 18.9. The van der Waals surface area contributed by atoms with E-state index in [1.165, 1.54) is 12.1 Å². The van der Waals surface area contributed by atoms with E-state index in [2.05, 4.69) is 4.98 Å². The fourth-order valence-electron chi connectivity index (χ4n) is 1.52. The second kappa shape index (κ2) is 5.28. The molecule has 1 aromatic carbocycles. The van der Waals surface area contributed by atoms with Crippen LogP contribution in [0.3, 0.4) is 0 Å². The summed E-state index contributed by atoms with van der Waals surface area (Å²) in [6, 6.07) is 11.6. The zero-order valence-electron chi connectivity index (χ0n) is 9.85. The predicted octanol–water partition coefficient (Wildman–Crippen LogP) is 2.98. The summed E-state index contributed by atoms with van der Waals surface area (Å²) in [6.07, 6.45) is 0. The molecular weight excluding hydrogens is 231 g/mol. The number of hydrogen-bond donors (Lipinski definition) is 0. The molecule has 0 bridgehead atoms. The highest BCUT2D eigenvalue weighted by Crippen LogP contribution is 2.19. The predicted molar refractivity (Wildman–Crippen MR) is 64.4 cm³/mol. The third-order valence-electron chi connectivity index (χ3n) is 2.38. The first-order valence-corrected chi connectivity index (χ1v) is 5.44. The summed E-state index contributed by atoms with van der Waals surface area (Å²) >= 11 is 0. The lowest BCUT2D eigenvalue weighted by molar-refractivity contribution is 0.285. The van der Waals surface area contributed by atoms with Crippen LogP contribution >= 0.6 is 0 Å². The fraction of sp³-hybridized carbons (Fsp3) is 0.143. The largest absolute Gasteiger partial charge is 0.484 e. The molecule has 1 aromatic heterocycles. The second-order valence-corrected chi connectivity index (χ2v) is 3.82. The van der Waals surface area contributed by atoms with Crippen LogP contribution in [0.15, 0.2) is 36.4 Å². The maximum absolute atomic E-state index is 13.5. The Morgan fingerprint density at radius 1 is 1.33 bits per heavy atom. The third kappa shape index (κ3) is 2.83. The average Bonchev–Trinajstić information content (AvgIpc) is 2.37. The van der Waals surface area contributed by atoms with Crippen molar-refractivity contribution in [3.63, 3.8) is 0 Å². The van der Waals surface area contributed by atoms with Crippen LogP contribution in [0.2, 0.25) is 0 Å². The van der Waals surface area contributed by atoms with Crippen molar-refractivity contribution in [2.45, 2.75) is 13.5 Å². The molecule has 2 aromatic rings. The maximum Gasteiger partial charge on any atom is 0.166 e. The van der Waals surface area contributed by atoms with E-state index in [1.807, 2.05) is 31.2 Å². The summed E-state index contributed by atoms with van der Waals surface area (Å²) in [7, 11) is 0. The van der Waals surface area contributed by atoms with E-state index in [0.29, 0.717) is 0 Å². The molecular formula is C14H11FN2O. The van der Waals surface area contributed by atoms with Crippen molar-refractivity contribution in [3.05, 3.63) is 59.2 Å². The van der Waals surface area contributed by atoms with Gasteiger partial charge in [0, 0.05) is 5.69 Å². The van der Waals surface area contributed by atoms with E-state index < -0.39 is 5.82 Å². The molecule has 0 saturated carbocycles. The monoisotopic (exact) mass is 242 g/mol. The normalized spacial score (nSPS) is 9.83. The van der Waals surface area contributed by atoms with Gasteiger partial charge >= 0.3 is 0 Å². The molecule has 0 aliphatic rings. The molecule has 0 radical (unpaired) electrons. The molecule has 0 aliphatic carbocycles. The van der Waals surface area contributed by atoms with Crippen LogP contribution in [0.1, 0.15) is 17.0 Å². The van der Waals surface area contributed by atoms with Gasteiger partial charge in [0.1, 0.15) is 6.61 Å². The van der Waals surface area contributed by atoms with Crippen molar-refractivity contribution < 1.29 is 9.13 Å². The number of rotatable bonds is 3. The van der Waals surface area contributed by atoms with Crippen LogP contribution in [-0.4, -0.2) is 4.98 Å². The van der Waals surface area contributed by atoms with E-state index in [-0.39, 0.29) is 17.9 Å². The molecule has 18 heavy (non-hydrogen) atoms. The fourth-order valence-corrected chi connectivity index (χ4v) is 1.52. The number of aromatic nitrogens is 1. The van der Waals surface area contributed by atoms with Gasteiger partial charge in [0.25, 0.3) is 0 Å². The van der Waals surface area contributed by atoms with Crippen LogP contribution in [0, 0.1) is 24.1 Å². The minimum Gasteiger partial charge on any atom is -0.484 e. The van der Waals surface area contributed by atoms with E-state index in [9.17, 15) is 4.39 Å². The molecule has 0 amide bonds. The molecule has 0 fully saturated rings.